The topological polar surface area (TPSA) is 201 Å². The highest BCUT2D eigenvalue weighted by Gasteiger charge is 2.51. The number of aliphatic hydroxyl groups excluding tert-OH is 1. The van der Waals surface area contributed by atoms with Crippen molar-refractivity contribution in [1.82, 2.24) is 5.32 Å². The van der Waals surface area contributed by atoms with Crippen LogP contribution in [-0.2, 0) is 33.3 Å². The first-order valence-electron chi connectivity index (χ1n) is 16.8. The van der Waals surface area contributed by atoms with E-state index in [1.165, 1.54) is 47.0 Å². The van der Waals surface area contributed by atoms with Gasteiger partial charge in [-0.3, -0.25) is 28.8 Å². The van der Waals surface area contributed by atoms with Crippen molar-refractivity contribution in [3.8, 4) is 11.5 Å². The lowest BCUT2D eigenvalue weighted by atomic mass is 9.78. The molecular weight excluding hydrogens is 678 g/mol. The van der Waals surface area contributed by atoms with Crippen LogP contribution in [0.2, 0.25) is 0 Å². The molecule has 1 aliphatic carbocycles. The number of allylic oxidation sites excluding steroid dienone is 4. The lowest BCUT2D eigenvalue weighted by molar-refractivity contribution is -0.162. The van der Waals surface area contributed by atoms with Crippen molar-refractivity contribution in [2.45, 2.75) is 85.6 Å². The van der Waals surface area contributed by atoms with Crippen LogP contribution in [0.3, 0.4) is 0 Å². The number of hydrogen-bond acceptors (Lipinski definition) is 13. The molecule has 14 heteroatoms. The van der Waals surface area contributed by atoms with E-state index in [9.17, 15) is 39.0 Å². The molecule has 5 bridgehead atoms. The largest absolute Gasteiger partial charge is 0.507 e. The van der Waals surface area contributed by atoms with Crippen LogP contribution in [0.1, 0.15) is 85.1 Å². The number of benzene rings is 1. The van der Waals surface area contributed by atoms with Crippen molar-refractivity contribution in [3.05, 3.63) is 70.2 Å². The maximum atomic E-state index is 13.9. The Balaban J connectivity index is 1.85. The molecule has 0 aromatic heterocycles. The van der Waals surface area contributed by atoms with Gasteiger partial charge in [0.25, 0.3) is 18.2 Å². The van der Waals surface area contributed by atoms with Gasteiger partial charge in [-0.1, -0.05) is 45.9 Å². The number of phenolic OH excluding ortho intramolecular Hbond substituents is 1. The zero-order valence-electron chi connectivity index (χ0n) is 30.5. The molecule has 280 valence electrons. The summed E-state index contributed by atoms with van der Waals surface area (Å²) in [5.41, 5.74) is -1.39. The molecule has 0 spiro atoms. The second-order valence-corrected chi connectivity index (χ2v) is 13.6. The molecular formula is C38H45NO13. The molecule has 1 aromatic carbocycles. The number of phenols is 1. The number of ketones is 3. The van der Waals surface area contributed by atoms with Crippen LogP contribution in [0.15, 0.2) is 47.9 Å². The summed E-state index contributed by atoms with van der Waals surface area (Å²) in [5.74, 6) is -9.14. The number of methoxy groups -OCH3 is 1. The Labute approximate surface area is 301 Å². The zero-order valence-corrected chi connectivity index (χ0v) is 30.5. The molecule has 9 unspecified atom stereocenters. The molecule has 0 saturated carbocycles. The molecule has 14 nitrogen and oxygen atoms in total. The van der Waals surface area contributed by atoms with Crippen LogP contribution < -0.4 is 10.1 Å². The second kappa shape index (κ2) is 15.7. The number of hydrogen-bond donors (Lipinski definition) is 3. The third-order valence-corrected chi connectivity index (χ3v) is 9.97. The third kappa shape index (κ3) is 7.44. The van der Waals surface area contributed by atoms with Crippen molar-refractivity contribution >= 4 is 35.7 Å². The first-order chi connectivity index (χ1) is 24.4. The van der Waals surface area contributed by atoms with E-state index in [0.29, 0.717) is 0 Å². The number of aliphatic hydroxyl groups is 1. The molecule has 3 N–H and O–H groups in total. The van der Waals surface area contributed by atoms with Crippen molar-refractivity contribution in [1.29, 1.82) is 0 Å². The smallest absolute Gasteiger partial charge is 0.312 e. The number of fused-ring (bicyclic) bond motifs is 14. The Bertz CT molecular complexity index is 1790. The molecule has 9 atom stereocenters. The highest BCUT2D eigenvalue weighted by molar-refractivity contribution is 6.30. The SMILES string of the molecule is COC1C=COC2(C)Oc3c(C)c(O)c4c(c3C2=O)C(=O)C=C(NC(=O)C(C)=CC=CC(C)C(OC=O)C(C)C(O)C(C)C(OC(C)=O)C1C)C4=O. The lowest BCUT2D eigenvalue weighted by Crippen LogP contribution is -2.47. The summed E-state index contributed by atoms with van der Waals surface area (Å²) in [7, 11) is 1.41. The molecule has 0 saturated heterocycles. The van der Waals surface area contributed by atoms with Gasteiger partial charge in [-0.05, 0) is 19.9 Å². The monoisotopic (exact) mass is 723 g/mol. The Morgan fingerprint density at radius 1 is 0.981 bits per heavy atom. The van der Waals surface area contributed by atoms with Gasteiger partial charge in [0, 0.05) is 61.8 Å². The van der Waals surface area contributed by atoms with Crippen LogP contribution in [0, 0.1) is 30.6 Å². The summed E-state index contributed by atoms with van der Waals surface area (Å²) < 4.78 is 28.6. The zero-order chi connectivity index (χ0) is 38.8. The van der Waals surface area contributed by atoms with Gasteiger partial charge in [0.05, 0.1) is 40.9 Å². The van der Waals surface area contributed by atoms with E-state index in [2.05, 4.69) is 5.32 Å². The summed E-state index contributed by atoms with van der Waals surface area (Å²) in [6, 6.07) is 0. The minimum absolute atomic E-state index is 0.000707. The van der Waals surface area contributed by atoms with E-state index in [0.717, 1.165) is 12.3 Å². The fourth-order valence-corrected chi connectivity index (χ4v) is 6.92. The average molecular weight is 724 g/mol. The summed E-state index contributed by atoms with van der Waals surface area (Å²) in [5, 5.41) is 25.1. The first-order valence-corrected chi connectivity index (χ1v) is 16.8. The number of esters is 1. The predicted octanol–water partition coefficient (Wildman–Crippen LogP) is 3.81. The molecule has 3 aliphatic heterocycles. The molecule has 52 heavy (non-hydrogen) atoms. The summed E-state index contributed by atoms with van der Waals surface area (Å²) in [6.07, 6.45) is 4.40. The fourth-order valence-electron chi connectivity index (χ4n) is 6.92. The maximum Gasteiger partial charge on any atom is 0.312 e. The minimum Gasteiger partial charge on any atom is -0.507 e. The minimum atomic E-state index is -2.05. The first kappa shape index (κ1) is 39.7. The molecule has 1 amide bonds. The van der Waals surface area contributed by atoms with E-state index in [1.807, 2.05) is 0 Å². The highest BCUT2D eigenvalue weighted by atomic mass is 16.7. The van der Waals surface area contributed by atoms with Crippen LogP contribution in [0.5, 0.6) is 11.5 Å². The van der Waals surface area contributed by atoms with Gasteiger partial charge in [0.1, 0.15) is 23.7 Å². The lowest BCUT2D eigenvalue weighted by Gasteiger charge is -2.38. The second-order valence-electron chi connectivity index (χ2n) is 13.6. The average Bonchev–Trinajstić information content (AvgIpc) is 3.36. The van der Waals surface area contributed by atoms with Crippen LogP contribution >= 0.6 is 0 Å². The molecule has 0 radical (unpaired) electrons. The fraction of sp³-hybridized carbons (Fsp3) is 0.474. The van der Waals surface area contributed by atoms with Crippen LogP contribution in [0.25, 0.3) is 0 Å². The Hall–Kier alpha value is -5.08. The molecule has 1 aromatic rings. The van der Waals surface area contributed by atoms with Crippen molar-refractivity contribution in [3.63, 3.8) is 0 Å². The maximum absolute atomic E-state index is 13.9. The van der Waals surface area contributed by atoms with Gasteiger partial charge in [-0.15, -0.1) is 0 Å². The normalized spacial score (nSPS) is 31.2. The Morgan fingerprint density at radius 2 is 1.63 bits per heavy atom. The predicted molar refractivity (Wildman–Crippen MR) is 184 cm³/mol. The number of nitrogens with one attached hydrogen (secondary N) is 1. The number of amides is 1. The standard InChI is InChI=1S/C38H45NO13/c1-17-11-10-12-18(2)37(47)39-24-15-25(42)27-28(32(24)45)31(44)22(6)35-29(27)36(46)38(8,52-35)50-14-13-26(48-9)19(3)34(51-23(7)41)21(5)30(43)20(4)33(17)49-16-40/h10-17,19-21,26,30,33-34,43-44H,1-9H3,(H,39,47). The summed E-state index contributed by atoms with van der Waals surface area (Å²) in [6.45, 7) is 12.6. The Morgan fingerprint density at radius 3 is 2.25 bits per heavy atom. The van der Waals surface area contributed by atoms with Gasteiger partial charge in [0.2, 0.25) is 5.78 Å². The number of carbonyl (C=O) groups excluding carboxylic acids is 6. The molecule has 0 fully saturated rings. The van der Waals surface area contributed by atoms with E-state index in [4.69, 9.17) is 23.7 Å². The van der Waals surface area contributed by atoms with Crippen molar-refractivity contribution in [2.24, 2.45) is 23.7 Å². The van der Waals surface area contributed by atoms with Gasteiger partial charge in [-0.2, -0.15) is 0 Å². The molecule has 5 rings (SSSR count). The van der Waals surface area contributed by atoms with Crippen molar-refractivity contribution in [2.75, 3.05) is 7.11 Å². The Kier molecular flexibility index (Phi) is 12.0. The van der Waals surface area contributed by atoms with Crippen LogP contribution in [0.4, 0.5) is 0 Å². The molecule has 3 heterocycles. The van der Waals surface area contributed by atoms with Crippen LogP contribution in [-0.4, -0.2) is 83.2 Å². The number of rotatable bonds is 4. The van der Waals surface area contributed by atoms with Gasteiger partial charge < -0.3 is 39.2 Å². The van der Waals surface area contributed by atoms with E-state index in [-0.39, 0.29) is 34.5 Å². The quantitative estimate of drug-likeness (QED) is 0.299. The number of carbonyl (C=O) groups is 6. The highest BCUT2D eigenvalue weighted by Crippen LogP contribution is 2.48. The van der Waals surface area contributed by atoms with Gasteiger partial charge in [-0.25, -0.2) is 0 Å². The number of aromatic hydroxyl groups is 1. The summed E-state index contributed by atoms with van der Waals surface area (Å²) >= 11 is 0. The van der Waals surface area contributed by atoms with E-state index in [1.54, 1.807) is 39.8 Å². The third-order valence-electron chi connectivity index (χ3n) is 9.97. The van der Waals surface area contributed by atoms with Gasteiger partial charge in [0.15, 0.2) is 5.78 Å². The molecule has 4 aliphatic rings. The summed E-state index contributed by atoms with van der Waals surface area (Å²) in [4.78, 5) is 78.1. The van der Waals surface area contributed by atoms with E-state index < -0.39 is 100 Å². The van der Waals surface area contributed by atoms with Crippen molar-refractivity contribution < 1.29 is 62.7 Å². The number of Topliss-reactive ketones (excluding diaryl/α,β-unsaturated/α-hetero) is 2. The number of ether oxygens (including phenoxy) is 5. The van der Waals surface area contributed by atoms with Gasteiger partial charge >= 0.3 is 11.8 Å². The van der Waals surface area contributed by atoms with E-state index >= 15 is 0 Å².